The second-order valence-corrected chi connectivity index (χ2v) is 5.06. The van der Waals surface area contributed by atoms with Crippen LogP contribution in [0.4, 0.5) is 5.69 Å². The molecule has 0 spiro atoms. The lowest BCUT2D eigenvalue weighted by Gasteiger charge is -2.18. The molecular weight excluding hydrogens is 264 g/mol. The van der Waals surface area contributed by atoms with Gasteiger partial charge >= 0.3 is 0 Å². The number of nitrogens with one attached hydrogen (secondary N) is 1. The molecule has 2 aromatic rings. The van der Waals surface area contributed by atoms with E-state index < -0.39 is 0 Å². The van der Waals surface area contributed by atoms with E-state index in [1.54, 1.807) is 12.1 Å². The van der Waals surface area contributed by atoms with Crippen LogP contribution in [0.3, 0.4) is 0 Å². The van der Waals surface area contributed by atoms with Gasteiger partial charge < -0.3 is 5.32 Å². The summed E-state index contributed by atoms with van der Waals surface area (Å²) in [6.07, 6.45) is 1.98. The number of hydrogen-bond acceptors (Lipinski definition) is 3. The number of nitro benzene ring substituents is 1. The Balaban J connectivity index is 2.11. The van der Waals surface area contributed by atoms with Gasteiger partial charge in [0, 0.05) is 24.7 Å². The smallest absolute Gasteiger partial charge is 0.269 e. The number of benzene rings is 2. The molecule has 0 aliphatic rings. The molecule has 0 fully saturated rings. The largest absolute Gasteiger partial charge is 0.306 e. The normalized spacial score (nSPS) is 12.0. The van der Waals surface area contributed by atoms with Crippen LogP contribution in [0.1, 0.15) is 36.9 Å². The van der Waals surface area contributed by atoms with Crippen molar-refractivity contribution in [1.82, 2.24) is 5.32 Å². The highest BCUT2D eigenvalue weighted by molar-refractivity contribution is 5.35. The summed E-state index contributed by atoms with van der Waals surface area (Å²) in [4.78, 5) is 10.6. The van der Waals surface area contributed by atoms with Crippen molar-refractivity contribution >= 4 is 5.69 Å². The highest BCUT2D eigenvalue weighted by Gasteiger charge is 2.13. The zero-order valence-electron chi connectivity index (χ0n) is 12.2. The van der Waals surface area contributed by atoms with Gasteiger partial charge in [0.1, 0.15) is 0 Å². The van der Waals surface area contributed by atoms with Crippen LogP contribution in [0.25, 0.3) is 0 Å². The van der Waals surface area contributed by atoms with E-state index >= 15 is 0 Å². The van der Waals surface area contributed by atoms with E-state index in [9.17, 15) is 10.1 Å². The third-order valence-electron chi connectivity index (χ3n) is 3.46. The number of hydrogen-bond donors (Lipinski definition) is 1. The molecule has 21 heavy (non-hydrogen) atoms. The van der Waals surface area contributed by atoms with Crippen molar-refractivity contribution in [2.24, 2.45) is 0 Å². The SMILES string of the molecule is CCCC(NCc1ccccc1)c1cccc([N+](=O)[O-])c1. The molecule has 0 saturated heterocycles. The predicted molar refractivity (Wildman–Crippen MR) is 84.0 cm³/mol. The van der Waals surface area contributed by atoms with Crippen LogP contribution < -0.4 is 5.32 Å². The van der Waals surface area contributed by atoms with Crippen LogP contribution in [0.15, 0.2) is 54.6 Å². The van der Waals surface area contributed by atoms with Gasteiger partial charge in [-0.25, -0.2) is 0 Å². The van der Waals surface area contributed by atoms with Crippen LogP contribution in [0.5, 0.6) is 0 Å². The molecule has 2 rings (SSSR count). The van der Waals surface area contributed by atoms with Gasteiger partial charge in [-0.05, 0) is 17.5 Å². The van der Waals surface area contributed by atoms with Gasteiger partial charge in [0.05, 0.1) is 4.92 Å². The Bertz CT molecular complexity index is 584. The number of rotatable bonds is 7. The summed E-state index contributed by atoms with van der Waals surface area (Å²) in [6, 6.07) is 17.2. The van der Waals surface area contributed by atoms with Crippen molar-refractivity contribution in [3.05, 3.63) is 75.8 Å². The standard InChI is InChI=1S/C17H20N2O2/c1-2-7-17(18-13-14-8-4-3-5-9-14)15-10-6-11-16(12-15)19(20)21/h3-6,8-12,17-18H,2,7,13H2,1H3. The van der Waals surface area contributed by atoms with Crippen molar-refractivity contribution < 1.29 is 4.92 Å². The second-order valence-electron chi connectivity index (χ2n) is 5.06. The second kappa shape index (κ2) is 7.55. The average molecular weight is 284 g/mol. The van der Waals surface area contributed by atoms with Crippen LogP contribution in [-0.4, -0.2) is 4.92 Å². The summed E-state index contributed by atoms with van der Waals surface area (Å²) in [5, 5.41) is 14.4. The maximum absolute atomic E-state index is 10.9. The lowest BCUT2D eigenvalue weighted by molar-refractivity contribution is -0.384. The third-order valence-corrected chi connectivity index (χ3v) is 3.46. The molecular formula is C17H20N2O2. The lowest BCUT2D eigenvalue weighted by Crippen LogP contribution is -2.20. The molecule has 0 heterocycles. The fourth-order valence-electron chi connectivity index (χ4n) is 2.37. The maximum atomic E-state index is 10.9. The Hall–Kier alpha value is -2.20. The zero-order chi connectivity index (χ0) is 15.1. The van der Waals surface area contributed by atoms with Crippen molar-refractivity contribution in [2.75, 3.05) is 0 Å². The monoisotopic (exact) mass is 284 g/mol. The summed E-state index contributed by atoms with van der Waals surface area (Å²) in [7, 11) is 0. The fourth-order valence-corrected chi connectivity index (χ4v) is 2.37. The molecule has 1 N–H and O–H groups in total. The van der Waals surface area contributed by atoms with Crippen LogP contribution in [0.2, 0.25) is 0 Å². The summed E-state index contributed by atoms with van der Waals surface area (Å²) < 4.78 is 0. The minimum absolute atomic E-state index is 0.134. The predicted octanol–water partition coefficient (Wildman–Crippen LogP) is 4.23. The number of non-ortho nitro benzene ring substituents is 1. The Morgan fingerprint density at radius 1 is 1.14 bits per heavy atom. The molecule has 0 radical (unpaired) electrons. The van der Waals surface area contributed by atoms with E-state index in [2.05, 4.69) is 24.4 Å². The zero-order valence-corrected chi connectivity index (χ0v) is 12.2. The Morgan fingerprint density at radius 3 is 2.57 bits per heavy atom. The van der Waals surface area contributed by atoms with Gasteiger partial charge in [0.2, 0.25) is 0 Å². The van der Waals surface area contributed by atoms with E-state index in [1.807, 2.05) is 24.3 Å². The highest BCUT2D eigenvalue weighted by atomic mass is 16.6. The van der Waals surface area contributed by atoms with Crippen molar-refractivity contribution in [3.63, 3.8) is 0 Å². The van der Waals surface area contributed by atoms with Gasteiger partial charge in [0.25, 0.3) is 5.69 Å². The molecule has 110 valence electrons. The summed E-state index contributed by atoms with van der Waals surface area (Å²) in [5.41, 5.74) is 2.33. The van der Waals surface area contributed by atoms with Crippen LogP contribution in [0, 0.1) is 10.1 Å². The first kappa shape index (κ1) is 15.2. The fraction of sp³-hybridized carbons (Fsp3) is 0.294. The number of nitro groups is 1. The van der Waals surface area contributed by atoms with Crippen LogP contribution in [-0.2, 0) is 6.54 Å². The minimum atomic E-state index is -0.344. The van der Waals surface area contributed by atoms with E-state index in [1.165, 1.54) is 11.6 Å². The quantitative estimate of drug-likeness (QED) is 0.611. The Labute approximate surface area is 125 Å². The minimum Gasteiger partial charge on any atom is -0.306 e. The van der Waals surface area contributed by atoms with Gasteiger partial charge in [-0.3, -0.25) is 10.1 Å². The Morgan fingerprint density at radius 2 is 1.90 bits per heavy atom. The molecule has 1 atom stereocenters. The van der Waals surface area contributed by atoms with E-state index in [0.717, 1.165) is 24.9 Å². The van der Waals surface area contributed by atoms with Gasteiger partial charge in [0.15, 0.2) is 0 Å². The summed E-state index contributed by atoms with van der Waals surface area (Å²) in [5.74, 6) is 0. The van der Waals surface area contributed by atoms with Crippen LogP contribution >= 0.6 is 0 Å². The first-order valence-electron chi connectivity index (χ1n) is 7.22. The number of nitrogens with zero attached hydrogens (tertiary/aromatic N) is 1. The average Bonchev–Trinajstić information content (AvgIpc) is 2.52. The van der Waals surface area contributed by atoms with Crippen molar-refractivity contribution in [3.8, 4) is 0 Å². The molecule has 0 aromatic heterocycles. The summed E-state index contributed by atoms with van der Waals surface area (Å²) >= 11 is 0. The first-order chi connectivity index (χ1) is 10.2. The molecule has 0 saturated carbocycles. The van der Waals surface area contributed by atoms with Gasteiger partial charge in [-0.2, -0.15) is 0 Å². The van der Waals surface area contributed by atoms with E-state index in [4.69, 9.17) is 0 Å². The highest BCUT2D eigenvalue weighted by Crippen LogP contribution is 2.23. The van der Waals surface area contributed by atoms with Gasteiger partial charge in [-0.15, -0.1) is 0 Å². The topological polar surface area (TPSA) is 55.2 Å². The molecule has 4 heteroatoms. The first-order valence-corrected chi connectivity index (χ1v) is 7.22. The van der Waals surface area contributed by atoms with E-state index in [-0.39, 0.29) is 16.7 Å². The molecule has 4 nitrogen and oxygen atoms in total. The summed E-state index contributed by atoms with van der Waals surface area (Å²) in [6.45, 7) is 2.88. The Kier molecular flexibility index (Phi) is 5.46. The molecule has 0 aliphatic carbocycles. The van der Waals surface area contributed by atoms with Crippen molar-refractivity contribution in [2.45, 2.75) is 32.4 Å². The molecule has 2 aromatic carbocycles. The molecule has 0 bridgehead atoms. The molecule has 0 amide bonds. The lowest BCUT2D eigenvalue weighted by atomic mass is 10.0. The molecule has 0 aliphatic heterocycles. The van der Waals surface area contributed by atoms with Gasteiger partial charge in [-0.1, -0.05) is 55.8 Å². The molecule has 1 unspecified atom stereocenters. The third kappa shape index (κ3) is 4.39. The van der Waals surface area contributed by atoms with E-state index in [0.29, 0.717) is 0 Å². The maximum Gasteiger partial charge on any atom is 0.269 e. The van der Waals surface area contributed by atoms with Crippen molar-refractivity contribution in [1.29, 1.82) is 0 Å².